The van der Waals surface area contributed by atoms with E-state index in [-0.39, 0.29) is 34.8 Å². The fraction of sp³-hybridized carbons (Fsp3) is 0.345. The Hall–Kier alpha value is -3.42. The van der Waals surface area contributed by atoms with Crippen LogP contribution in [-0.4, -0.2) is 49.3 Å². The minimum Gasteiger partial charge on any atom is -0.508 e. The molecule has 2 N–H and O–H groups in total. The summed E-state index contributed by atoms with van der Waals surface area (Å²) < 4.78 is 25.2. The third-order valence-electron chi connectivity index (χ3n) is 7.74. The highest BCUT2D eigenvalue weighted by molar-refractivity contribution is 5.94. The van der Waals surface area contributed by atoms with Crippen molar-refractivity contribution in [2.45, 2.75) is 36.9 Å². The van der Waals surface area contributed by atoms with E-state index in [1.807, 2.05) is 24.3 Å². The molecule has 2 aliphatic rings. The predicted molar refractivity (Wildman–Crippen MR) is 135 cm³/mol. The van der Waals surface area contributed by atoms with Crippen LogP contribution < -0.4 is 10.1 Å². The van der Waals surface area contributed by atoms with Gasteiger partial charge >= 0.3 is 0 Å². The molecule has 7 heteroatoms. The Morgan fingerprint density at radius 3 is 2.58 bits per heavy atom. The van der Waals surface area contributed by atoms with E-state index in [9.17, 15) is 14.3 Å². The number of phenols is 1. The number of halogens is 1. The van der Waals surface area contributed by atoms with Gasteiger partial charge in [0.05, 0.1) is 19.3 Å². The van der Waals surface area contributed by atoms with Gasteiger partial charge < -0.3 is 19.9 Å². The second kappa shape index (κ2) is 9.91. The van der Waals surface area contributed by atoms with Gasteiger partial charge in [0.15, 0.2) is 0 Å². The van der Waals surface area contributed by atoms with E-state index in [2.05, 4.69) is 16.3 Å². The lowest BCUT2D eigenvalue weighted by molar-refractivity contribution is -0.0122. The zero-order chi connectivity index (χ0) is 25.3. The van der Waals surface area contributed by atoms with Crippen LogP contribution in [0.2, 0.25) is 0 Å². The van der Waals surface area contributed by atoms with Crippen LogP contribution in [-0.2, 0) is 16.7 Å². The quantitative estimate of drug-likeness (QED) is 0.530. The van der Waals surface area contributed by atoms with Gasteiger partial charge in [0, 0.05) is 30.2 Å². The van der Waals surface area contributed by atoms with E-state index in [1.165, 1.54) is 23.8 Å². The molecule has 1 aliphatic heterocycles. The molecule has 188 valence electrons. The van der Waals surface area contributed by atoms with Gasteiger partial charge in [-0.05, 0) is 73.5 Å². The van der Waals surface area contributed by atoms with Gasteiger partial charge in [0.25, 0.3) is 5.91 Å². The Labute approximate surface area is 210 Å². The molecule has 0 saturated carbocycles. The molecular weight excluding hydrogens is 459 g/mol. The van der Waals surface area contributed by atoms with Crippen molar-refractivity contribution in [2.24, 2.45) is 0 Å². The van der Waals surface area contributed by atoms with Crippen molar-refractivity contribution in [1.29, 1.82) is 0 Å². The summed E-state index contributed by atoms with van der Waals surface area (Å²) in [4.78, 5) is 15.4. The van der Waals surface area contributed by atoms with Gasteiger partial charge in [-0.3, -0.25) is 9.69 Å². The third-order valence-corrected chi connectivity index (χ3v) is 7.74. The summed E-state index contributed by atoms with van der Waals surface area (Å²) in [6, 6.07) is 18.9. The molecular formula is C29H31FN2O4. The number of ether oxygens (including phenoxy) is 2. The predicted octanol–water partition coefficient (Wildman–Crippen LogP) is 4.57. The van der Waals surface area contributed by atoms with Crippen molar-refractivity contribution in [3.63, 3.8) is 0 Å². The molecule has 1 heterocycles. The van der Waals surface area contributed by atoms with E-state index in [1.54, 1.807) is 32.4 Å². The van der Waals surface area contributed by atoms with Crippen LogP contribution in [0.3, 0.4) is 0 Å². The number of rotatable bonds is 6. The standard InChI is InChI=1S/C29H31FN2O4/c1-35-22-10-11-25(33)20(17-22)18-32-14-12-29(13-15-32)24-9-4-3-8-23(24)26(27(29)36-2)31-28(34)19-6-5-7-21(30)16-19/h3-11,16-17,26-27,33H,12-15,18H2,1-2H3,(H,31,34)/t26-,27+/m0/s1. The molecule has 36 heavy (non-hydrogen) atoms. The molecule has 1 saturated heterocycles. The van der Waals surface area contributed by atoms with E-state index in [0.29, 0.717) is 6.54 Å². The van der Waals surface area contributed by atoms with Gasteiger partial charge in [-0.25, -0.2) is 4.39 Å². The van der Waals surface area contributed by atoms with Crippen LogP contribution in [0.4, 0.5) is 4.39 Å². The number of aromatic hydroxyl groups is 1. The first-order valence-corrected chi connectivity index (χ1v) is 12.2. The Morgan fingerprint density at radius 1 is 1.08 bits per heavy atom. The molecule has 5 rings (SSSR count). The number of benzene rings is 3. The fourth-order valence-electron chi connectivity index (χ4n) is 5.95. The number of nitrogens with one attached hydrogen (secondary N) is 1. The second-order valence-corrected chi connectivity index (χ2v) is 9.63. The first-order chi connectivity index (χ1) is 17.4. The van der Waals surface area contributed by atoms with Crippen molar-refractivity contribution >= 4 is 5.91 Å². The maximum atomic E-state index is 13.7. The van der Waals surface area contributed by atoms with E-state index < -0.39 is 5.82 Å². The number of methoxy groups -OCH3 is 2. The SMILES string of the molecule is COc1ccc(O)c(CN2CCC3(CC2)c2ccccc2[C@H](NC(=O)c2cccc(F)c2)[C@H]3OC)c1. The lowest BCUT2D eigenvalue weighted by Crippen LogP contribution is -2.50. The van der Waals surface area contributed by atoms with Crippen LogP contribution >= 0.6 is 0 Å². The van der Waals surface area contributed by atoms with Crippen molar-refractivity contribution < 1.29 is 23.8 Å². The van der Waals surface area contributed by atoms with Crippen molar-refractivity contribution in [3.8, 4) is 11.5 Å². The number of hydrogen-bond donors (Lipinski definition) is 2. The number of nitrogens with zero attached hydrogens (tertiary/aromatic N) is 1. The summed E-state index contributed by atoms with van der Waals surface area (Å²) in [5.41, 5.74) is 3.12. The van der Waals surface area contributed by atoms with Crippen LogP contribution in [0.1, 0.15) is 45.9 Å². The molecule has 1 amide bonds. The lowest BCUT2D eigenvalue weighted by Gasteiger charge is -2.44. The third kappa shape index (κ3) is 4.33. The highest BCUT2D eigenvalue weighted by Crippen LogP contribution is 2.52. The molecule has 1 spiro atoms. The number of phenolic OH excluding ortho intramolecular Hbond substituents is 1. The lowest BCUT2D eigenvalue weighted by atomic mass is 9.71. The zero-order valence-electron chi connectivity index (χ0n) is 20.5. The van der Waals surface area contributed by atoms with Gasteiger partial charge in [0.2, 0.25) is 0 Å². The average molecular weight is 491 g/mol. The van der Waals surface area contributed by atoms with Crippen molar-refractivity contribution in [2.75, 3.05) is 27.3 Å². The maximum Gasteiger partial charge on any atom is 0.251 e. The monoisotopic (exact) mass is 490 g/mol. The zero-order valence-corrected chi connectivity index (χ0v) is 20.5. The molecule has 3 aromatic carbocycles. The highest BCUT2D eigenvalue weighted by atomic mass is 19.1. The summed E-state index contributed by atoms with van der Waals surface area (Å²) in [6.07, 6.45) is 1.44. The van der Waals surface area contributed by atoms with Gasteiger partial charge in [0.1, 0.15) is 17.3 Å². The first-order valence-electron chi connectivity index (χ1n) is 12.2. The average Bonchev–Trinajstić information content (AvgIpc) is 3.15. The van der Waals surface area contributed by atoms with E-state index >= 15 is 0 Å². The van der Waals surface area contributed by atoms with Gasteiger partial charge in [-0.1, -0.05) is 30.3 Å². The molecule has 6 nitrogen and oxygen atoms in total. The molecule has 3 aromatic rings. The molecule has 1 fully saturated rings. The number of piperidine rings is 1. The summed E-state index contributed by atoms with van der Waals surface area (Å²) in [7, 11) is 3.31. The number of likely N-dealkylation sites (tertiary alicyclic amines) is 1. The molecule has 0 aromatic heterocycles. The fourth-order valence-corrected chi connectivity index (χ4v) is 5.95. The number of amides is 1. The topological polar surface area (TPSA) is 71.0 Å². The molecule has 0 unspecified atom stereocenters. The molecule has 2 atom stereocenters. The van der Waals surface area contributed by atoms with Crippen LogP contribution in [0, 0.1) is 5.82 Å². The number of fused-ring (bicyclic) bond motifs is 2. The Morgan fingerprint density at radius 2 is 1.86 bits per heavy atom. The van der Waals surface area contributed by atoms with Crippen molar-refractivity contribution in [1.82, 2.24) is 10.2 Å². The summed E-state index contributed by atoms with van der Waals surface area (Å²) in [6.45, 7) is 2.25. The largest absolute Gasteiger partial charge is 0.508 e. The maximum absolute atomic E-state index is 13.7. The molecule has 0 bridgehead atoms. The molecule has 1 aliphatic carbocycles. The Bertz CT molecular complexity index is 1260. The van der Waals surface area contributed by atoms with Gasteiger partial charge in [-0.15, -0.1) is 0 Å². The normalized spacial score (nSPS) is 20.8. The van der Waals surface area contributed by atoms with Gasteiger partial charge in [-0.2, -0.15) is 0 Å². The minimum atomic E-state index is -0.441. The smallest absolute Gasteiger partial charge is 0.251 e. The number of carbonyl (C=O) groups is 1. The summed E-state index contributed by atoms with van der Waals surface area (Å²) in [5, 5.41) is 13.5. The Balaban J connectivity index is 1.37. The van der Waals surface area contributed by atoms with Crippen molar-refractivity contribution in [3.05, 3.63) is 94.8 Å². The minimum absolute atomic E-state index is 0.250. The summed E-state index contributed by atoms with van der Waals surface area (Å²) in [5.74, 6) is 0.220. The first kappa shape index (κ1) is 24.3. The van der Waals surface area contributed by atoms with E-state index in [0.717, 1.165) is 42.8 Å². The van der Waals surface area contributed by atoms with Crippen LogP contribution in [0.25, 0.3) is 0 Å². The van der Waals surface area contributed by atoms with Crippen LogP contribution in [0.5, 0.6) is 11.5 Å². The molecule has 0 radical (unpaired) electrons. The number of carbonyl (C=O) groups excluding carboxylic acids is 1. The second-order valence-electron chi connectivity index (χ2n) is 9.63. The van der Waals surface area contributed by atoms with Crippen LogP contribution in [0.15, 0.2) is 66.7 Å². The summed E-state index contributed by atoms with van der Waals surface area (Å²) >= 11 is 0. The Kier molecular flexibility index (Phi) is 6.69. The highest BCUT2D eigenvalue weighted by Gasteiger charge is 2.54. The van der Waals surface area contributed by atoms with E-state index in [4.69, 9.17) is 9.47 Å². The number of hydrogen-bond acceptors (Lipinski definition) is 5.